The monoisotopic (exact) mass is 547 g/mol. The average Bonchev–Trinajstić information content (AvgIpc) is 2.76. The van der Waals surface area contributed by atoms with Crippen molar-refractivity contribution in [2.75, 3.05) is 6.61 Å². The normalized spacial score (nSPS) is 10.8. The van der Waals surface area contributed by atoms with E-state index in [9.17, 15) is 4.79 Å². The molecule has 0 amide bonds. The van der Waals surface area contributed by atoms with E-state index in [-0.39, 0.29) is 0 Å². The third-order valence-corrected chi connectivity index (χ3v) is 5.13. The molecular weight excluding hydrogens is 530 g/mol. The summed E-state index contributed by atoms with van der Waals surface area (Å²) in [6.07, 6.45) is 1.41. The topological polar surface area (TPSA) is 77.4 Å². The Kier molecular flexibility index (Phi) is 8.49. The molecule has 31 heavy (non-hydrogen) atoms. The van der Waals surface area contributed by atoms with Crippen LogP contribution < -0.4 is 9.47 Å². The first-order valence-corrected chi connectivity index (χ1v) is 10.8. The zero-order valence-electron chi connectivity index (χ0n) is 16.3. The number of benzene rings is 3. The lowest BCUT2D eigenvalue weighted by Gasteiger charge is -2.15. The average molecular weight is 549 g/mol. The second-order valence-electron chi connectivity index (χ2n) is 6.41. The SMILES string of the molecule is O=C(O)CO/N=C/c1cccc(OCc2ccc(Br)cc2)c1OCc1ccc(Br)cc1. The van der Waals surface area contributed by atoms with Gasteiger partial charge in [-0.15, -0.1) is 0 Å². The van der Waals surface area contributed by atoms with Crippen molar-refractivity contribution >= 4 is 44.0 Å². The van der Waals surface area contributed by atoms with Crippen molar-refractivity contribution < 1.29 is 24.2 Å². The molecule has 0 unspecified atom stereocenters. The summed E-state index contributed by atoms with van der Waals surface area (Å²) in [6.45, 7) is 0.159. The van der Waals surface area contributed by atoms with Gasteiger partial charge in [0.25, 0.3) is 0 Å². The van der Waals surface area contributed by atoms with Crippen LogP contribution in [0.3, 0.4) is 0 Å². The summed E-state index contributed by atoms with van der Waals surface area (Å²) >= 11 is 6.84. The molecule has 0 fully saturated rings. The zero-order valence-corrected chi connectivity index (χ0v) is 19.5. The Hall–Kier alpha value is -2.84. The van der Waals surface area contributed by atoms with E-state index in [1.54, 1.807) is 6.07 Å². The standard InChI is InChI=1S/C23H19Br2NO5/c24-19-8-4-16(5-9-19)13-29-21-3-1-2-18(12-26-31-15-22(27)28)23(21)30-14-17-6-10-20(25)11-7-17/h1-12H,13-15H2,(H,27,28)/b26-12+. The van der Waals surface area contributed by atoms with E-state index in [0.717, 1.165) is 20.1 Å². The van der Waals surface area contributed by atoms with Crippen LogP contribution in [0, 0.1) is 0 Å². The van der Waals surface area contributed by atoms with E-state index in [1.165, 1.54) is 6.21 Å². The first-order chi connectivity index (χ1) is 15.0. The van der Waals surface area contributed by atoms with Crippen LogP contribution >= 0.6 is 31.9 Å². The van der Waals surface area contributed by atoms with Gasteiger partial charge in [0.2, 0.25) is 6.61 Å². The fourth-order valence-electron chi connectivity index (χ4n) is 2.57. The van der Waals surface area contributed by atoms with E-state index in [0.29, 0.717) is 30.3 Å². The van der Waals surface area contributed by atoms with Crippen molar-refractivity contribution in [3.05, 3.63) is 92.4 Å². The van der Waals surface area contributed by atoms with Gasteiger partial charge in [-0.2, -0.15) is 0 Å². The molecule has 0 heterocycles. The molecule has 3 aromatic rings. The van der Waals surface area contributed by atoms with Gasteiger partial charge in [-0.05, 0) is 47.5 Å². The van der Waals surface area contributed by atoms with Crippen molar-refractivity contribution in [1.29, 1.82) is 0 Å². The highest BCUT2D eigenvalue weighted by Crippen LogP contribution is 2.32. The summed E-state index contributed by atoms with van der Waals surface area (Å²) in [5.41, 5.74) is 2.60. The largest absolute Gasteiger partial charge is 0.485 e. The van der Waals surface area contributed by atoms with Gasteiger partial charge in [0.15, 0.2) is 11.5 Å². The molecule has 6 nitrogen and oxygen atoms in total. The highest BCUT2D eigenvalue weighted by Gasteiger charge is 2.12. The molecule has 0 atom stereocenters. The highest BCUT2D eigenvalue weighted by molar-refractivity contribution is 9.10. The number of hydrogen-bond acceptors (Lipinski definition) is 5. The minimum Gasteiger partial charge on any atom is -0.485 e. The van der Waals surface area contributed by atoms with Gasteiger partial charge in [0.1, 0.15) is 13.2 Å². The van der Waals surface area contributed by atoms with Crippen LogP contribution in [-0.4, -0.2) is 23.9 Å². The number of ether oxygens (including phenoxy) is 2. The Balaban J connectivity index is 1.79. The minimum atomic E-state index is -1.10. The lowest BCUT2D eigenvalue weighted by molar-refractivity contribution is -0.142. The molecule has 8 heteroatoms. The predicted octanol–water partition coefficient (Wildman–Crippen LogP) is 5.80. The molecular formula is C23H19Br2NO5. The number of hydrogen-bond donors (Lipinski definition) is 1. The predicted molar refractivity (Wildman–Crippen MR) is 125 cm³/mol. The molecule has 0 radical (unpaired) electrons. The van der Waals surface area contributed by atoms with Gasteiger partial charge in [-0.1, -0.05) is 67.3 Å². The van der Waals surface area contributed by atoms with Crippen LogP contribution in [0.15, 0.2) is 80.8 Å². The van der Waals surface area contributed by atoms with Gasteiger partial charge in [-0.25, -0.2) is 4.79 Å². The van der Waals surface area contributed by atoms with Crippen LogP contribution in [0.4, 0.5) is 0 Å². The molecule has 0 aromatic heterocycles. The van der Waals surface area contributed by atoms with E-state index in [4.69, 9.17) is 19.4 Å². The Morgan fingerprint density at radius 1 is 0.871 bits per heavy atom. The maximum absolute atomic E-state index is 10.6. The number of oxime groups is 1. The second-order valence-corrected chi connectivity index (χ2v) is 8.24. The number of rotatable bonds is 10. The molecule has 1 N–H and O–H groups in total. The molecule has 160 valence electrons. The van der Waals surface area contributed by atoms with Crippen molar-refractivity contribution in [2.24, 2.45) is 5.16 Å². The van der Waals surface area contributed by atoms with E-state index >= 15 is 0 Å². The lowest BCUT2D eigenvalue weighted by Crippen LogP contribution is -2.05. The zero-order chi connectivity index (χ0) is 22.1. The van der Waals surface area contributed by atoms with Gasteiger partial charge in [0.05, 0.1) is 6.21 Å². The van der Waals surface area contributed by atoms with Crippen LogP contribution in [-0.2, 0) is 22.8 Å². The fourth-order valence-corrected chi connectivity index (χ4v) is 3.10. The summed E-state index contributed by atoms with van der Waals surface area (Å²) in [4.78, 5) is 15.4. The molecule has 0 saturated heterocycles. The number of carbonyl (C=O) groups is 1. The molecule has 0 aliphatic heterocycles. The third kappa shape index (κ3) is 7.41. The maximum atomic E-state index is 10.6. The van der Waals surface area contributed by atoms with Crippen molar-refractivity contribution in [1.82, 2.24) is 0 Å². The van der Waals surface area contributed by atoms with Crippen molar-refractivity contribution in [2.45, 2.75) is 13.2 Å². The number of halogens is 2. The number of aliphatic carboxylic acids is 1. The molecule has 0 aliphatic carbocycles. The molecule has 3 rings (SSSR count). The Labute approximate surface area is 196 Å². The van der Waals surface area contributed by atoms with Crippen LogP contribution in [0.5, 0.6) is 11.5 Å². The first-order valence-electron chi connectivity index (χ1n) is 9.26. The van der Waals surface area contributed by atoms with Crippen molar-refractivity contribution in [3.8, 4) is 11.5 Å². The number of carboxylic acid groups (broad SMARTS) is 1. The first kappa shape index (κ1) is 22.8. The molecule has 0 spiro atoms. The number of para-hydroxylation sites is 1. The quantitative estimate of drug-likeness (QED) is 0.256. The van der Waals surface area contributed by atoms with Gasteiger partial charge in [0, 0.05) is 14.5 Å². The fraction of sp³-hybridized carbons (Fsp3) is 0.130. The summed E-state index contributed by atoms with van der Waals surface area (Å²) in [7, 11) is 0. The van der Waals surface area contributed by atoms with Gasteiger partial charge >= 0.3 is 5.97 Å². The van der Waals surface area contributed by atoms with E-state index < -0.39 is 12.6 Å². The van der Waals surface area contributed by atoms with Crippen LogP contribution in [0.1, 0.15) is 16.7 Å². The number of nitrogens with zero attached hydrogens (tertiary/aromatic N) is 1. The van der Waals surface area contributed by atoms with Gasteiger partial charge in [-0.3, -0.25) is 0 Å². The van der Waals surface area contributed by atoms with Crippen LogP contribution in [0.25, 0.3) is 0 Å². The third-order valence-electron chi connectivity index (χ3n) is 4.07. The van der Waals surface area contributed by atoms with E-state index in [1.807, 2.05) is 60.7 Å². The summed E-state index contributed by atoms with van der Waals surface area (Å²) in [6, 6.07) is 21.0. The minimum absolute atomic E-state index is 0.322. The van der Waals surface area contributed by atoms with Gasteiger partial charge < -0.3 is 19.4 Å². The van der Waals surface area contributed by atoms with Crippen molar-refractivity contribution in [3.63, 3.8) is 0 Å². The summed E-state index contributed by atoms with van der Waals surface area (Å²) in [5.74, 6) is -0.0668. The summed E-state index contributed by atoms with van der Waals surface area (Å²) < 4.78 is 14.1. The molecule has 3 aromatic carbocycles. The maximum Gasteiger partial charge on any atom is 0.344 e. The van der Waals surface area contributed by atoms with E-state index in [2.05, 4.69) is 37.0 Å². The Morgan fingerprint density at radius 2 is 1.45 bits per heavy atom. The molecule has 0 aliphatic rings. The Morgan fingerprint density at radius 3 is 2.03 bits per heavy atom. The highest BCUT2D eigenvalue weighted by atomic mass is 79.9. The lowest BCUT2D eigenvalue weighted by atomic mass is 10.2. The van der Waals surface area contributed by atoms with Crippen LogP contribution in [0.2, 0.25) is 0 Å². The number of carboxylic acids is 1. The summed E-state index contributed by atoms with van der Waals surface area (Å²) in [5, 5.41) is 12.4. The molecule has 0 saturated carbocycles. The molecule has 0 bridgehead atoms. The second kappa shape index (κ2) is 11.5. The Bertz CT molecular complexity index is 1040. The smallest absolute Gasteiger partial charge is 0.344 e.